The predicted molar refractivity (Wildman–Crippen MR) is 139 cm³/mol. The Labute approximate surface area is 224 Å². The summed E-state index contributed by atoms with van der Waals surface area (Å²) in [7, 11) is 2.02. The fourth-order valence-electron chi connectivity index (χ4n) is 5.19. The van der Waals surface area contributed by atoms with Crippen LogP contribution in [0.25, 0.3) is 0 Å². The van der Waals surface area contributed by atoms with Crippen molar-refractivity contribution in [1.29, 1.82) is 0 Å². The molecule has 0 saturated carbocycles. The molecule has 201 valence electrons. The summed E-state index contributed by atoms with van der Waals surface area (Å²) >= 11 is 0.995. The van der Waals surface area contributed by atoms with Crippen LogP contribution in [-0.2, 0) is 15.0 Å². The Morgan fingerprint density at radius 1 is 1.13 bits per heavy atom. The van der Waals surface area contributed by atoms with Crippen LogP contribution in [0.1, 0.15) is 55.2 Å². The number of carbonyl (C=O) groups excluding carboxylic acids is 1. The molecule has 0 bridgehead atoms. The third-order valence-electron chi connectivity index (χ3n) is 8.07. The minimum Gasteiger partial charge on any atom is -0.377 e. The van der Waals surface area contributed by atoms with E-state index in [0.29, 0.717) is 11.1 Å². The Bertz CT molecular complexity index is 1250. The van der Waals surface area contributed by atoms with Gasteiger partial charge in [0.05, 0.1) is 18.2 Å². The molecule has 1 unspecified atom stereocenters. The minimum absolute atomic E-state index is 0.00183. The molecule has 0 aliphatic carbocycles. The van der Waals surface area contributed by atoms with Gasteiger partial charge in [-0.1, -0.05) is 49.9 Å². The number of hydrogen-bond acceptors (Lipinski definition) is 5. The van der Waals surface area contributed by atoms with E-state index in [-0.39, 0.29) is 21.8 Å². The van der Waals surface area contributed by atoms with Crippen LogP contribution in [0, 0.1) is 11.7 Å². The van der Waals surface area contributed by atoms with Crippen molar-refractivity contribution in [1.82, 2.24) is 5.32 Å². The molecule has 1 radical (unpaired) electrons. The molecular weight excluding hydrogens is 519 g/mol. The number of rotatable bonds is 3. The number of carbonyl (C=O) groups is 1. The second-order valence-corrected chi connectivity index (χ2v) is 12.0. The van der Waals surface area contributed by atoms with E-state index in [2.05, 4.69) is 10.3 Å². The zero-order valence-electron chi connectivity index (χ0n) is 21.4. The monoisotopic (exact) mass is 547 g/mol. The highest BCUT2D eigenvalue weighted by molar-refractivity contribution is 8.13. The molecule has 38 heavy (non-hydrogen) atoms. The molecule has 3 aliphatic heterocycles. The average Bonchev–Trinajstić information content (AvgIpc) is 3.34. The number of benzene rings is 2. The van der Waals surface area contributed by atoms with Gasteiger partial charge in [-0.3, -0.25) is 4.79 Å². The number of nitrogens with zero attached hydrogens (tertiary/aromatic N) is 1. The fraction of sp³-hybridized carbons (Fsp3) is 0.481. The topological polar surface area (TPSA) is 59.9 Å². The molecule has 0 spiro atoms. The second-order valence-electron chi connectivity index (χ2n) is 11.0. The zero-order chi connectivity index (χ0) is 27.5. The quantitative estimate of drug-likeness (QED) is 0.388. The van der Waals surface area contributed by atoms with Gasteiger partial charge >= 0.3 is 6.18 Å². The lowest BCUT2D eigenvalue weighted by Gasteiger charge is -2.37. The highest BCUT2D eigenvalue weighted by Crippen LogP contribution is 2.54. The smallest absolute Gasteiger partial charge is 0.377 e. The van der Waals surface area contributed by atoms with Gasteiger partial charge in [0.2, 0.25) is 0 Å². The van der Waals surface area contributed by atoms with Crippen LogP contribution < -0.4 is 5.32 Å². The van der Waals surface area contributed by atoms with Gasteiger partial charge in [-0.15, -0.1) is 0 Å². The molecule has 2 saturated heterocycles. The molecule has 1 N–H and O–H groups in total. The van der Waals surface area contributed by atoms with Crippen LogP contribution in [0.2, 0.25) is 5.31 Å². The fourth-order valence-corrected chi connectivity index (χ4v) is 6.37. The number of ether oxygens (including phenoxy) is 2. The lowest BCUT2D eigenvalue weighted by molar-refractivity contribution is -0.215. The molecule has 2 fully saturated rings. The number of aliphatic imine (C=N–C) groups is 1. The maximum absolute atomic E-state index is 15.5. The molecule has 2 aromatic carbocycles. The summed E-state index contributed by atoms with van der Waals surface area (Å²) in [5.41, 5.74) is -1.19. The normalized spacial score (nSPS) is 29.8. The van der Waals surface area contributed by atoms with Gasteiger partial charge in [0.15, 0.2) is 18.6 Å². The van der Waals surface area contributed by atoms with Gasteiger partial charge in [-0.05, 0) is 49.0 Å². The molecule has 5 rings (SSSR count). The van der Waals surface area contributed by atoms with Crippen LogP contribution in [0.3, 0.4) is 0 Å². The van der Waals surface area contributed by atoms with Crippen LogP contribution >= 0.6 is 11.8 Å². The van der Waals surface area contributed by atoms with E-state index in [1.54, 1.807) is 42.5 Å². The summed E-state index contributed by atoms with van der Waals surface area (Å²) in [6.07, 6.45) is -6.77. The summed E-state index contributed by atoms with van der Waals surface area (Å²) in [4.78, 5) is 17.4. The van der Waals surface area contributed by atoms with Crippen LogP contribution in [0.5, 0.6) is 0 Å². The van der Waals surface area contributed by atoms with Crippen molar-refractivity contribution in [2.75, 3.05) is 12.4 Å². The van der Waals surface area contributed by atoms with Crippen molar-refractivity contribution in [3.63, 3.8) is 0 Å². The van der Waals surface area contributed by atoms with Crippen LogP contribution in [-0.4, -0.2) is 48.6 Å². The van der Waals surface area contributed by atoms with Gasteiger partial charge in [-0.25, -0.2) is 9.38 Å². The Kier molecular flexibility index (Phi) is 6.72. The van der Waals surface area contributed by atoms with Gasteiger partial charge < -0.3 is 14.8 Å². The Morgan fingerprint density at radius 2 is 1.84 bits per heavy atom. The molecule has 2 aromatic rings. The lowest BCUT2D eigenvalue weighted by atomic mass is 9.47. The largest absolute Gasteiger partial charge is 0.415 e. The first-order valence-electron chi connectivity index (χ1n) is 12.3. The summed E-state index contributed by atoms with van der Waals surface area (Å²) in [6.45, 7) is 7.53. The maximum atomic E-state index is 15.5. The summed E-state index contributed by atoms with van der Waals surface area (Å²) in [5.74, 6) is -2.39. The SMILES string of the molecule is CC1(C)[B]C(c2ccc(F)c([C@]34CO[C@H](C(F)(F)F)[C@H]3CSC(NC(=O)c3ccccc3)=N4)c2)OC1(C)C. The molecule has 3 heterocycles. The number of alkyl halides is 3. The molecule has 11 heteroatoms. The molecular formula is C27H28BF4N2O3S. The predicted octanol–water partition coefficient (Wildman–Crippen LogP) is 5.84. The number of amidine groups is 1. The van der Waals surface area contributed by atoms with E-state index in [0.717, 1.165) is 11.8 Å². The van der Waals surface area contributed by atoms with Gasteiger partial charge in [0.25, 0.3) is 5.91 Å². The van der Waals surface area contributed by atoms with E-state index in [4.69, 9.17) is 9.47 Å². The van der Waals surface area contributed by atoms with E-state index in [1.165, 1.54) is 6.07 Å². The van der Waals surface area contributed by atoms with Crippen LogP contribution in [0.4, 0.5) is 17.6 Å². The Hall–Kier alpha value is -2.37. The Morgan fingerprint density at radius 3 is 2.47 bits per heavy atom. The first-order valence-corrected chi connectivity index (χ1v) is 13.3. The highest BCUT2D eigenvalue weighted by atomic mass is 32.2. The van der Waals surface area contributed by atoms with Crippen LogP contribution in [0.15, 0.2) is 53.5 Å². The number of hydrogen-bond donors (Lipinski definition) is 1. The van der Waals surface area contributed by atoms with Crippen molar-refractivity contribution in [2.45, 2.75) is 62.4 Å². The third kappa shape index (κ3) is 4.66. The Balaban J connectivity index is 1.56. The van der Waals surface area contributed by atoms with E-state index in [1.807, 2.05) is 35.0 Å². The number of thioether (sulfide) groups is 1. The highest BCUT2D eigenvalue weighted by Gasteiger charge is 2.62. The van der Waals surface area contributed by atoms with Gasteiger partial charge in [-0.2, -0.15) is 13.2 Å². The van der Waals surface area contributed by atoms with Crippen molar-refractivity contribution >= 4 is 30.1 Å². The maximum Gasteiger partial charge on any atom is 0.415 e. The summed E-state index contributed by atoms with van der Waals surface area (Å²) in [6, 6.07) is 12.3. The van der Waals surface area contributed by atoms with E-state index in [9.17, 15) is 18.0 Å². The summed E-state index contributed by atoms with van der Waals surface area (Å²) in [5, 5.41) is 2.52. The van der Waals surface area contributed by atoms with Crippen molar-refractivity contribution in [3.8, 4) is 0 Å². The molecule has 5 nitrogen and oxygen atoms in total. The molecule has 1 amide bonds. The standard InChI is InChI=1S/C27H28BF4N2O3S/c1-24(2)25(3,4)37-21(28-24)16-10-11-19(29)17(12-16)26-14-36-20(27(30,31)32)18(26)13-38-23(34-26)33-22(35)15-8-6-5-7-9-15/h5-12,18,20-21H,13-14H2,1-4H3,(H,33,34,35)/t18-,20+,21?,26-/m1/s1. The molecule has 0 aromatic heterocycles. The number of halogens is 4. The number of amides is 1. The zero-order valence-corrected chi connectivity index (χ0v) is 22.3. The number of fused-ring (bicyclic) bond motifs is 1. The van der Waals surface area contributed by atoms with Gasteiger partial charge in [0, 0.05) is 22.8 Å². The van der Waals surface area contributed by atoms with Gasteiger partial charge in [0.1, 0.15) is 11.4 Å². The lowest BCUT2D eigenvalue weighted by Crippen LogP contribution is -2.47. The van der Waals surface area contributed by atoms with Crippen molar-refractivity contribution in [3.05, 3.63) is 71.0 Å². The number of nitrogens with one attached hydrogen (secondary N) is 1. The first kappa shape index (κ1) is 27.2. The second kappa shape index (κ2) is 9.38. The average molecular weight is 547 g/mol. The van der Waals surface area contributed by atoms with E-state index >= 15 is 4.39 Å². The third-order valence-corrected chi connectivity index (χ3v) is 9.06. The molecule has 3 aliphatic rings. The molecule has 4 atom stereocenters. The minimum atomic E-state index is -4.65. The first-order chi connectivity index (χ1) is 17.7. The van der Waals surface area contributed by atoms with E-state index < -0.39 is 53.7 Å². The van der Waals surface area contributed by atoms with Crippen molar-refractivity contribution in [2.24, 2.45) is 10.9 Å². The van der Waals surface area contributed by atoms with Crippen molar-refractivity contribution < 1.29 is 31.8 Å². The summed E-state index contributed by atoms with van der Waals surface area (Å²) < 4.78 is 69.0.